The van der Waals surface area contributed by atoms with Gasteiger partial charge in [-0.1, -0.05) is 90.0 Å². The van der Waals surface area contributed by atoms with E-state index in [1.807, 2.05) is 115 Å². The molecular weight excluding hydrogens is 553 g/mol. The summed E-state index contributed by atoms with van der Waals surface area (Å²) in [6, 6.07) is 36.6. The van der Waals surface area contributed by atoms with Gasteiger partial charge in [-0.3, -0.25) is 0 Å². The fraction of sp³-hybridized carbons (Fsp3) is 0.111. The van der Waals surface area contributed by atoms with Crippen molar-refractivity contribution < 1.29 is 25.7 Å². The van der Waals surface area contributed by atoms with Crippen molar-refractivity contribution in [3.05, 3.63) is 143 Å². The summed E-state index contributed by atoms with van der Waals surface area (Å²) in [7, 11) is 0.736. The van der Waals surface area contributed by atoms with Gasteiger partial charge in [0.15, 0.2) is 0 Å². The molecule has 4 nitrogen and oxygen atoms in total. The second-order valence-electron chi connectivity index (χ2n) is 7.26. The summed E-state index contributed by atoms with van der Waals surface area (Å²) < 4.78 is 29.9. The molecule has 2 N–H and O–H groups in total. The monoisotopic (exact) mass is 579 g/mol. The number of nitrogens with two attached hydrogens (primary N) is 1. The van der Waals surface area contributed by atoms with Gasteiger partial charge in [-0.25, -0.2) is 8.42 Å². The number of nitrogens with zero attached hydrogens (tertiary/aromatic N) is 1. The Morgan fingerprint density at radius 3 is 1.68 bits per heavy atom. The third kappa shape index (κ3) is 8.79. The van der Waals surface area contributed by atoms with Gasteiger partial charge < -0.3 is 10.5 Å². The number of aryl methyl sites for hydroxylation is 1. The van der Waals surface area contributed by atoms with Gasteiger partial charge in [-0.2, -0.15) is 36.4 Å². The molecule has 177 valence electrons. The normalized spacial score (nSPS) is 12.2. The number of sulfonamides is 1. The van der Waals surface area contributed by atoms with Crippen molar-refractivity contribution in [2.75, 3.05) is 0 Å². The van der Waals surface area contributed by atoms with Crippen LogP contribution in [0.3, 0.4) is 0 Å². The van der Waals surface area contributed by atoms with Crippen LogP contribution in [0.25, 0.3) is 4.72 Å². The van der Waals surface area contributed by atoms with Crippen LogP contribution in [-0.4, -0.2) is 8.42 Å². The first-order valence-corrected chi connectivity index (χ1v) is 14.1. The zero-order valence-electron chi connectivity index (χ0n) is 18.6. The van der Waals surface area contributed by atoms with E-state index in [4.69, 9.17) is 5.73 Å². The van der Waals surface area contributed by atoms with Crippen molar-refractivity contribution in [2.45, 2.75) is 23.9 Å². The predicted molar refractivity (Wildman–Crippen MR) is 135 cm³/mol. The number of hydrogen-bond donors (Lipinski definition) is 1. The molecule has 7 heteroatoms. The van der Waals surface area contributed by atoms with Gasteiger partial charge in [0.2, 0.25) is 0 Å². The van der Waals surface area contributed by atoms with Crippen LogP contribution in [0, 0.1) is 13.0 Å². The van der Waals surface area contributed by atoms with Gasteiger partial charge in [-0.05, 0) is 24.6 Å². The fourth-order valence-corrected chi connectivity index (χ4v) is 4.26. The Bertz CT molecular complexity index is 1150. The van der Waals surface area contributed by atoms with Crippen molar-refractivity contribution in [3.8, 4) is 0 Å². The van der Waals surface area contributed by atoms with Crippen molar-refractivity contribution in [3.63, 3.8) is 0 Å². The number of hydrogen-bond acceptors (Lipinski definition) is 3. The molecule has 0 bridgehead atoms. The smallest absolute Gasteiger partial charge is 0.171 e. The van der Waals surface area contributed by atoms with Crippen LogP contribution in [0.15, 0.2) is 120 Å². The summed E-state index contributed by atoms with van der Waals surface area (Å²) in [5.41, 5.74) is 9.01. The van der Waals surface area contributed by atoms with E-state index in [0.717, 1.165) is 16.7 Å². The Morgan fingerprint density at radius 2 is 1.24 bits per heavy atom. The molecule has 0 radical (unpaired) electrons. The Kier molecular flexibility index (Phi) is 12.2. The first-order valence-electron chi connectivity index (χ1n) is 10.4. The maximum absolute atomic E-state index is 12.8. The van der Waals surface area contributed by atoms with E-state index in [2.05, 4.69) is 20.5 Å². The van der Waals surface area contributed by atoms with E-state index in [1.165, 1.54) is 0 Å². The first-order chi connectivity index (χ1) is 16.5. The minimum Gasteiger partial charge on any atom is -0.184 e. The average molecular weight is 579 g/mol. The summed E-state index contributed by atoms with van der Waals surface area (Å²) in [6.07, 6.45) is 0. The molecule has 0 aromatic heterocycles. The maximum Gasteiger partial charge on any atom is -0.171 e. The van der Waals surface area contributed by atoms with Crippen LogP contribution >= 0.6 is 9.69 Å². The van der Waals surface area contributed by atoms with Crippen LogP contribution in [0.5, 0.6) is 0 Å². The molecule has 4 aromatic rings. The van der Waals surface area contributed by atoms with Gasteiger partial charge in [0.25, 0.3) is 0 Å². The van der Waals surface area contributed by atoms with Crippen molar-refractivity contribution in [1.82, 2.24) is 0 Å². The standard InChI is InChI=1S/C21H21N2O2S.C6H5.ClH.Ru/c1-16-12-14-19(15-13-16)26(24,25)23-21(18-10-6-3-7-11-18)20(22)17-8-4-2-5-9-17;1-2-4-6-5-3-1;;/h2-15,20-21H,22H2,1H3;1-5H;1H;/q2*-1;;+3/p-1. The van der Waals surface area contributed by atoms with E-state index in [1.54, 1.807) is 24.3 Å². The Morgan fingerprint density at radius 1 is 0.765 bits per heavy atom. The first kappa shape index (κ1) is 27.9. The van der Waals surface area contributed by atoms with Crippen LogP contribution in [0.2, 0.25) is 0 Å². The SMILES string of the molecule is Cc1ccc(S(=O)(=O)[N-]C(c2ccccc2)C(N)c2ccccc2)cc1.[Cl][Ru+2].[c-]1ccccc1. The van der Waals surface area contributed by atoms with Gasteiger partial charge in [-0.15, -0.1) is 0 Å². The average Bonchev–Trinajstić information content (AvgIpc) is 2.91. The quantitative estimate of drug-likeness (QED) is 0.205. The molecule has 0 saturated carbocycles. The van der Waals surface area contributed by atoms with E-state index >= 15 is 0 Å². The van der Waals surface area contributed by atoms with Gasteiger partial charge in [0.1, 0.15) is 10.0 Å². The minimum atomic E-state index is -3.83. The van der Waals surface area contributed by atoms with Gasteiger partial charge >= 0.3 is 27.0 Å². The van der Waals surface area contributed by atoms with Gasteiger partial charge in [0, 0.05) is 10.9 Å². The Hall–Kier alpha value is -2.34. The fourth-order valence-electron chi connectivity index (χ4n) is 3.10. The molecule has 0 amide bonds. The van der Waals surface area contributed by atoms with E-state index < -0.39 is 22.1 Å². The molecule has 2 atom stereocenters. The van der Waals surface area contributed by atoms with Crippen LogP contribution in [0.1, 0.15) is 28.8 Å². The van der Waals surface area contributed by atoms with Crippen molar-refractivity contribution >= 4 is 19.7 Å². The van der Waals surface area contributed by atoms with E-state index in [0.29, 0.717) is 0 Å². The topological polar surface area (TPSA) is 74.3 Å². The second-order valence-corrected chi connectivity index (χ2v) is 8.90. The van der Waals surface area contributed by atoms with Crippen LogP contribution < -0.4 is 5.73 Å². The van der Waals surface area contributed by atoms with E-state index in [9.17, 15) is 8.42 Å². The van der Waals surface area contributed by atoms with Crippen LogP contribution in [-0.2, 0) is 27.3 Å². The molecule has 0 aliphatic carbocycles. The Labute approximate surface area is 217 Å². The molecular formula is C27H26ClN2O2RuS. The largest absolute Gasteiger partial charge is 0.184 e. The van der Waals surface area contributed by atoms with Crippen molar-refractivity contribution in [1.29, 1.82) is 0 Å². The number of rotatable bonds is 6. The molecule has 0 aliphatic rings. The predicted octanol–water partition coefficient (Wildman–Crippen LogP) is 6.67. The molecule has 0 fully saturated rings. The third-order valence-electron chi connectivity index (χ3n) is 4.84. The van der Waals surface area contributed by atoms with Crippen molar-refractivity contribution in [2.24, 2.45) is 5.73 Å². The minimum absolute atomic E-state index is 0.171. The molecule has 4 aromatic carbocycles. The molecule has 0 aliphatic heterocycles. The van der Waals surface area contributed by atoms with Crippen LogP contribution in [0.4, 0.5) is 0 Å². The maximum atomic E-state index is 12.8. The zero-order chi connectivity index (χ0) is 24.8. The Balaban J connectivity index is 0.000000437. The summed E-state index contributed by atoms with van der Waals surface area (Å²) in [5.74, 6) is 0. The van der Waals surface area contributed by atoms with Gasteiger partial charge in [0.05, 0.1) is 0 Å². The second kappa shape index (κ2) is 14.8. The summed E-state index contributed by atoms with van der Waals surface area (Å²) in [6.45, 7) is 1.91. The molecule has 4 rings (SSSR count). The van der Waals surface area contributed by atoms with E-state index in [-0.39, 0.29) is 4.90 Å². The molecule has 2 unspecified atom stereocenters. The summed E-state index contributed by atoms with van der Waals surface area (Å²) in [4.78, 5) is 0.171. The number of halogens is 1. The zero-order valence-corrected chi connectivity index (χ0v) is 21.9. The molecule has 0 heterocycles. The molecule has 0 saturated heterocycles. The summed E-state index contributed by atoms with van der Waals surface area (Å²) >= 11 is 1.82. The molecule has 34 heavy (non-hydrogen) atoms. The summed E-state index contributed by atoms with van der Waals surface area (Å²) in [5, 5.41) is 0. The third-order valence-corrected chi connectivity index (χ3v) is 6.22. The molecule has 0 spiro atoms. The number of benzene rings is 4.